The molecule has 0 unspecified atom stereocenters. The third kappa shape index (κ3) is 5.11. The molecule has 3 rings (SSSR count). The van der Waals surface area contributed by atoms with Crippen LogP contribution >= 0.6 is 0 Å². The molecular weight excluding hydrogens is 354 g/mol. The second-order valence-electron chi connectivity index (χ2n) is 7.98. The van der Waals surface area contributed by atoms with Gasteiger partial charge >= 0.3 is 0 Å². The van der Waals surface area contributed by atoms with Gasteiger partial charge in [-0.2, -0.15) is 0 Å². The van der Waals surface area contributed by atoms with E-state index in [2.05, 4.69) is 91.8 Å². The first-order valence-corrected chi connectivity index (χ1v) is 10.5. The van der Waals surface area contributed by atoms with Gasteiger partial charge in [0.2, 0.25) is 0 Å². The van der Waals surface area contributed by atoms with E-state index in [1.807, 2.05) is 6.08 Å². The summed E-state index contributed by atoms with van der Waals surface area (Å²) in [6, 6.07) is 17.4. The van der Waals surface area contributed by atoms with Crippen molar-refractivity contribution >= 4 is 11.4 Å². The van der Waals surface area contributed by atoms with E-state index in [1.165, 1.54) is 16.8 Å². The molecule has 152 valence electrons. The summed E-state index contributed by atoms with van der Waals surface area (Å²) in [6.07, 6.45) is 5.86. The van der Waals surface area contributed by atoms with E-state index < -0.39 is 0 Å². The smallest absolute Gasteiger partial charge is 0.0625 e. The maximum atomic E-state index is 6.64. The molecule has 2 N–H and O–H groups in total. The Morgan fingerprint density at radius 2 is 1.59 bits per heavy atom. The van der Waals surface area contributed by atoms with Gasteiger partial charge in [0.15, 0.2) is 0 Å². The van der Waals surface area contributed by atoms with Gasteiger partial charge in [-0.1, -0.05) is 74.5 Å². The molecular formula is C26H33N3. The molecule has 1 saturated heterocycles. The molecule has 0 spiro atoms. The SMILES string of the molecule is C=C/C=C\C(=C(/N)c1ccc(C(C)C)cc1)N1CCN(c2ccc(C)cc2)CC1. The molecule has 1 aliphatic rings. The maximum Gasteiger partial charge on any atom is 0.0625 e. The van der Waals surface area contributed by atoms with Crippen LogP contribution in [-0.4, -0.2) is 31.1 Å². The molecule has 1 fully saturated rings. The van der Waals surface area contributed by atoms with Gasteiger partial charge in [0.1, 0.15) is 0 Å². The number of hydrogen-bond acceptors (Lipinski definition) is 3. The molecule has 2 aromatic rings. The summed E-state index contributed by atoms with van der Waals surface area (Å²) < 4.78 is 0. The third-order valence-electron chi connectivity index (χ3n) is 5.57. The summed E-state index contributed by atoms with van der Waals surface area (Å²) in [6.45, 7) is 14.2. The normalized spacial score (nSPS) is 15.7. The lowest BCUT2D eigenvalue weighted by molar-refractivity contribution is 0.331. The van der Waals surface area contributed by atoms with Crippen LogP contribution in [0.4, 0.5) is 5.69 Å². The summed E-state index contributed by atoms with van der Waals surface area (Å²) in [5.41, 5.74) is 13.5. The van der Waals surface area contributed by atoms with Crippen LogP contribution in [0, 0.1) is 6.92 Å². The molecule has 3 nitrogen and oxygen atoms in total. The van der Waals surface area contributed by atoms with Crippen LogP contribution in [0.3, 0.4) is 0 Å². The second kappa shape index (κ2) is 9.51. The first kappa shape index (κ1) is 20.8. The van der Waals surface area contributed by atoms with Gasteiger partial charge in [0.05, 0.1) is 11.4 Å². The van der Waals surface area contributed by atoms with Gasteiger partial charge < -0.3 is 15.5 Å². The number of anilines is 1. The number of aryl methyl sites for hydroxylation is 1. The Kier molecular flexibility index (Phi) is 6.82. The first-order chi connectivity index (χ1) is 14.0. The second-order valence-corrected chi connectivity index (χ2v) is 7.98. The van der Waals surface area contributed by atoms with Gasteiger partial charge in [0, 0.05) is 31.9 Å². The maximum absolute atomic E-state index is 6.64. The zero-order valence-corrected chi connectivity index (χ0v) is 17.9. The van der Waals surface area contributed by atoms with Gasteiger partial charge in [-0.15, -0.1) is 0 Å². The average molecular weight is 388 g/mol. The van der Waals surface area contributed by atoms with Crippen LogP contribution in [0.5, 0.6) is 0 Å². The topological polar surface area (TPSA) is 32.5 Å². The van der Waals surface area contributed by atoms with E-state index in [0.717, 1.165) is 43.1 Å². The van der Waals surface area contributed by atoms with Crippen molar-refractivity contribution in [3.63, 3.8) is 0 Å². The quantitative estimate of drug-likeness (QED) is 0.682. The van der Waals surface area contributed by atoms with Crippen molar-refractivity contribution in [1.82, 2.24) is 4.90 Å². The van der Waals surface area contributed by atoms with E-state index in [0.29, 0.717) is 5.92 Å². The van der Waals surface area contributed by atoms with Crippen LogP contribution in [-0.2, 0) is 0 Å². The van der Waals surface area contributed by atoms with E-state index in [4.69, 9.17) is 5.73 Å². The zero-order chi connectivity index (χ0) is 20.8. The Bertz CT molecular complexity index is 865. The average Bonchev–Trinajstić information content (AvgIpc) is 2.75. The van der Waals surface area contributed by atoms with Gasteiger partial charge in [-0.3, -0.25) is 0 Å². The summed E-state index contributed by atoms with van der Waals surface area (Å²) >= 11 is 0. The lowest BCUT2D eigenvalue weighted by Gasteiger charge is -2.38. The molecule has 1 heterocycles. The first-order valence-electron chi connectivity index (χ1n) is 10.5. The van der Waals surface area contributed by atoms with Crippen LogP contribution in [0.1, 0.15) is 36.5 Å². The Morgan fingerprint density at radius 1 is 0.966 bits per heavy atom. The number of hydrogen-bond donors (Lipinski definition) is 1. The minimum absolute atomic E-state index is 0.518. The van der Waals surface area contributed by atoms with Gasteiger partial charge in [-0.05, 0) is 42.2 Å². The highest BCUT2D eigenvalue weighted by atomic mass is 15.3. The fourth-order valence-corrected chi connectivity index (χ4v) is 3.68. The molecule has 0 aromatic heterocycles. The van der Waals surface area contributed by atoms with Gasteiger partial charge in [0.25, 0.3) is 0 Å². The Labute approximate surface area is 175 Å². The van der Waals surface area contributed by atoms with Crippen molar-refractivity contribution in [3.05, 3.63) is 95.7 Å². The summed E-state index contributed by atoms with van der Waals surface area (Å²) in [5.74, 6) is 0.518. The lowest BCUT2D eigenvalue weighted by Crippen LogP contribution is -2.46. The largest absolute Gasteiger partial charge is 0.397 e. The summed E-state index contributed by atoms with van der Waals surface area (Å²) in [4.78, 5) is 4.83. The van der Waals surface area contributed by atoms with Crippen LogP contribution in [0.25, 0.3) is 5.70 Å². The monoisotopic (exact) mass is 387 g/mol. The molecule has 29 heavy (non-hydrogen) atoms. The van der Waals surface area contributed by atoms with Crippen LogP contribution in [0.2, 0.25) is 0 Å². The van der Waals surface area contributed by atoms with Crippen molar-refractivity contribution in [2.75, 3.05) is 31.1 Å². The minimum Gasteiger partial charge on any atom is -0.397 e. The molecule has 1 aliphatic heterocycles. The standard InChI is InChI=1S/C26H33N3/c1-5-6-7-25(26(27)23-12-10-22(11-13-23)20(2)3)29-18-16-28(17-19-29)24-14-8-21(4)9-15-24/h5-15,20H,1,16-19,27H2,2-4H3/b7-6-,26-25+. The van der Waals surface area contributed by atoms with Crippen molar-refractivity contribution < 1.29 is 0 Å². The zero-order valence-electron chi connectivity index (χ0n) is 17.9. The van der Waals surface area contributed by atoms with E-state index in [9.17, 15) is 0 Å². The highest BCUT2D eigenvalue weighted by molar-refractivity contribution is 5.68. The van der Waals surface area contributed by atoms with E-state index >= 15 is 0 Å². The predicted molar refractivity (Wildman–Crippen MR) is 126 cm³/mol. The molecule has 0 amide bonds. The van der Waals surface area contributed by atoms with Crippen LogP contribution < -0.4 is 10.6 Å². The molecule has 2 aromatic carbocycles. The van der Waals surface area contributed by atoms with E-state index in [1.54, 1.807) is 6.08 Å². The van der Waals surface area contributed by atoms with Gasteiger partial charge in [-0.25, -0.2) is 0 Å². The molecule has 0 aliphatic carbocycles. The number of benzene rings is 2. The fourth-order valence-electron chi connectivity index (χ4n) is 3.68. The van der Waals surface area contributed by atoms with Crippen LogP contribution in [0.15, 0.2) is 79.0 Å². The number of allylic oxidation sites excluding steroid dienone is 3. The number of rotatable bonds is 6. The minimum atomic E-state index is 0.518. The van der Waals surface area contributed by atoms with E-state index in [-0.39, 0.29) is 0 Å². The number of piperazine rings is 1. The molecule has 0 radical (unpaired) electrons. The Hall–Kier alpha value is -2.94. The molecule has 0 bridgehead atoms. The molecule has 0 atom stereocenters. The summed E-state index contributed by atoms with van der Waals surface area (Å²) in [5, 5.41) is 0. The highest BCUT2D eigenvalue weighted by Gasteiger charge is 2.20. The van der Waals surface area contributed by atoms with Crippen molar-refractivity contribution in [3.8, 4) is 0 Å². The number of nitrogens with two attached hydrogens (primary N) is 1. The van der Waals surface area contributed by atoms with Crippen molar-refractivity contribution in [2.24, 2.45) is 5.73 Å². The molecule has 0 saturated carbocycles. The lowest BCUT2D eigenvalue weighted by atomic mass is 10.00. The predicted octanol–water partition coefficient (Wildman–Crippen LogP) is 5.31. The van der Waals surface area contributed by atoms with Crippen molar-refractivity contribution in [2.45, 2.75) is 26.7 Å². The highest BCUT2D eigenvalue weighted by Crippen LogP contribution is 2.24. The number of nitrogens with zero attached hydrogens (tertiary/aromatic N) is 2. The van der Waals surface area contributed by atoms with Crippen molar-refractivity contribution in [1.29, 1.82) is 0 Å². The Morgan fingerprint density at radius 3 is 2.14 bits per heavy atom. The molecule has 3 heteroatoms. The fraction of sp³-hybridized carbons (Fsp3) is 0.308. The summed E-state index contributed by atoms with van der Waals surface area (Å²) in [7, 11) is 0. The Balaban J connectivity index is 1.80. The third-order valence-corrected chi connectivity index (χ3v) is 5.57.